The Balaban J connectivity index is 1.63. The van der Waals surface area contributed by atoms with Gasteiger partial charge in [0.1, 0.15) is 0 Å². The first-order chi connectivity index (χ1) is 11.4. The third-order valence-corrected chi connectivity index (χ3v) is 4.87. The van der Waals surface area contributed by atoms with Crippen LogP contribution in [0, 0.1) is 11.8 Å². The smallest absolute Gasteiger partial charge is 0.254 e. The van der Waals surface area contributed by atoms with Crippen molar-refractivity contribution < 1.29 is 14.4 Å². The van der Waals surface area contributed by atoms with E-state index < -0.39 is 11.6 Å². The van der Waals surface area contributed by atoms with Crippen molar-refractivity contribution in [3.05, 3.63) is 35.9 Å². The lowest BCUT2D eigenvalue weighted by molar-refractivity contribution is -0.133. The van der Waals surface area contributed by atoms with Crippen molar-refractivity contribution in [1.29, 1.82) is 0 Å². The maximum atomic E-state index is 12.6. The van der Waals surface area contributed by atoms with E-state index in [1.54, 1.807) is 0 Å². The fraction of sp³-hybridized carbons (Fsp3) is 0.500. The first-order valence-corrected chi connectivity index (χ1v) is 8.36. The molecule has 0 aromatic heterocycles. The molecule has 3 atom stereocenters. The molecule has 2 saturated heterocycles. The van der Waals surface area contributed by atoms with Gasteiger partial charge in [0, 0.05) is 13.1 Å². The molecule has 3 rings (SSSR count). The van der Waals surface area contributed by atoms with Gasteiger partial charge >= 0.3 is 0 Å². The Hall–Kier alpha value is -2.21. The van der Waals surface area contributed by atoms with Crippen LogP contribution in [-0.2, 0) is 20.9 Å². The number of nitrogens with one attached hydrogen (secondary N) is 3. The predicted molar refractivity (Wildman–Crippen MR) is 88.9 cm³/mol. The van der Waals surface area contributed by atoms with Gasteiger partial charge in [-0.25, -0.2) is 0 Å². The molecule has 2 fully saturated rings. The molecule has 3 N–H and O–H groups in total. The second-order valence-corrected chi connectivity index (χ2v) is 6.97. The van der Waals surface area contributed by atoms with Gasteiger partial charge in [-0.2, -0.15) is 0 Å². The zero-order valence-corrected chi connectivity index (χ0v) is 14.0. The average Bonchev–Trinajstić information content (AvgIpc) is 3.01. The zero-order valence-electron chi connectivity index (χ0n) is 14.0. The summed E-state index contributed by atoms with van der Waals surface area (Å²) in [7, 11) is 0. The van der Waals surface area contributed by atoms with E-state index in [0.717, 1.165) is 5.56 Å². The van der Waals surface area contributed by atoms with E-state index >= 15 is 0 Å². The zero-order chi connectivity index (χ0) is 17.3. The van der Waals surface area contributed by atoms with Crippen molar-refractivity contribution in [2.24, 2.45) is 11.8 Å². The number of Topliss-reactive ketones (excluding diaryl/α,β-unsaturated/α-hetero) is 1. The number of hydrogen-bond donors (Lipinski definition) is 3. The first kappa shape index (κ1) is 16.6. The standard InChI is InChI=1S/C18H23N3O3/c1-11(2)14-15(22)18(17(24)20-14)8-13(16(23)21-18)10-19-9-12-6-4-3-5-7-12/h3-7,11,13-14,19H,8-10H2,1-2H3,(H,20,24)(H,21,23)/t13-,14+,18+/m0/s1. The van der Waals surface area contributed by atoms with Crippen LogP contribution in [0.1, 0.15) is 25.8 Å². The normalized spacial score (nSPS) is 29.4. The molecule has 1 aromatic rings. The van der Waals surface area contributed by atoms with E-state index in [1.807, 2.05) is 44.2 Å². The molecule has 2 aliphatic rings. The summed E-state index contributed by atoms with van der Waals surface area (Å²) in [6, 6.07) is 9.36. The third kappa shape index (κ3) is 2.82. The van der Waals surface area contributed by atoms with Gasteiger partial charge in [-0.1, -0.05) is 44.2 Å². The largest absolute Gasteiger partial charge is 0.343 e. The summed E-state index contributed by atoms with van der Waals surface area (Å²) in [5.41, 5.74) is -0.245. The lowest BCUT2D eigenvalue weighted by Gasteiger charge is -2.19. The topological polar surface area (TPSA) is 87.3 Å². The van der Waals surface area contributed by atoms with Crippen LogP contribution in [0.2, 0.25) is 0 Å². The predicted octanol–water partition coefficient (Wildman–Crippen LogP) is 0.375. The SMILES string of the molecule is CC(C)[C@H]1NC(=O)[C@@]2(C[C@@H](CNCc3ccccc3)C(=O)N2)C1=O. The highest BCUT2D eigenvalue weighted by atomic mass is 16.2. The number of carbonyl (C=O) groups excluding carboxylic acids is 3. The van der Waals surface area contributed by atoms with Crippen LogP contribution in [0.5, 0.6) is 0 Å². The van der Waals surface area contributed by atoms with Crippen molar-refractivity contribution in [1.82, 2.24) is 16.0 Å². The molecule has 6 nitrogen and oxygen atoms in total. The molecule has 0 aliphatic carbocycles. The minimum Gasteiger partial charge on any atom is -0.343 e. The van der Waals surface area contributed by atoms with E-state index in [-0.39, 0.29) is 35.9 Å². The highest BCUT2D eigenvalue weighted by molar-refractivity contribution is 6.21. The quantitative estimate of drug-likeness (QED) is 0.682. The van der Waals surface area contributed by atoms with Gasteiger partial charge in [0.2, 0.25) is 5.91 Å². The van der Waals surface area contributed by atoms with Crippen molar-refractivity contribution in [3.63, 3.8) is 0 Å². The van der Waals surface area contributed by atoms with Crippen LogP contribution in [0.3, 0.4) is 0 Å². The average molecular weight is 329 g/mol. The lowest BCUT2D eigenvalue weighted by atomic mass is 9.86. The molecule has 6 heteroatoms. The Bertz CT molecular complexity index is 659. The summed E-state index contributed by atoms with van der Waals surface area (Å²) in [6.07, 6.45) is 0.224. The Morgan fingerprint density at radius 1 is 1.21 bits per heavy atom. The monoisotopic (exact) mass is 329 g/mol. The molecule has 1 spiro atoms. The first-order valence-electron chi connectivity index (χ1n) is 8.36. The van der Waals surface area contributed by atoms with Gasteiger partial charge in [-0.05, 0) is 17.9 Å². The van der Waals surface area contributed by atoms with Crippen LogP contribution in [0.15, 0.2) is 30.3 Å². The second-order valence-electron chi connectivity index (χ2n) is 6.97. The Morgan fingerprint density at radius 3 is 2.54 bits per heavy atom. The van der Waals surface area contributed by atoms with Crippen LogP contribution in [0.25, 0.3) is 0 Å². The van der Waals surface area contributed by atoms with Gasteiger partial charge < -0.3 is 16.0 Å². The Morgan fingerprint density at radius 2 is 1.92 bits per heavy atom. The number of amides is 2. The van der Waals surface area contributed by atoms with Gasteiger partial charge in [0.15, 0.2) is 11.3 Å². The number of ketones is 1. The molecular formula is C18H23N3O3. The highest BCUT2D eigenvalue weighted by Gasteiger charge is 2.61. The van der Waals surface area contributed by atoms with Crippen LogP contribution < -0.4 is 16.0 Å². The molecule has 0 unspecified atom stereocenters. The molecule has 0 saturated carbocycles. The summed E-state index contributed by atoms with van der Waals surface area (Å²) in [5, 5.41) is 8.65. The molecule has 0 bridgehead atoms. The van der Waals surface area contributed by atoms with Crippen molar-refractivity contribution >= 4 is 17.6 Å². The maximum absolute atomic E-state index is 12.6. The molecule has 2 amide bonds. The summed E-state index contributed by atoms with van der Waals surface area (Å²) < 4.78 is 0. The third-order valence-electron chi connectivity index (χ3n) is 4.87. The molecule has 24 heavy (non-hydrogen) atoms. The number of benzene rings is 1. The van der Waals surface area contributed by atoms with E-state index in [2.05, 4.69) is 16.0 Å². The Kier molecular flexibility index (Phi) is 4.41. The van der Waals surface area contributed by atoms with E-state index in [1.165, 1.54) is 0 Å². The van der Waals surface area contributed by atoms with Gasteiger partial charge in [-0.3, -0.25) is 14.4 Å². The minimum atomic E-state index is -1.37. The highest BCUT2D eigenvalue weighted by Crippen LogP contribution is 2.32. The molecule has 128 valence electrons. The van der Waals surface area contributed by atoms with Crippen LogP contribution in [-0.4, -0.2) is 35.7 Å². The fourth-order valence-electron chi connectivity index (χ4n) is 3.47. The molecule has 0 radical (unpaired) electrons. The van der Waals surface area contributed by atoms with Crippen molar-refractivity contribution in [2.45, 2.75) is 38.4 Å². The van der Waals surface area contributed by atoms with Gasteiger partial charge in [-0.15, -0.1) is 0 Å². The van der Waals surface area contributed by atoms with E-state index in [9.17, 15) is 14.4 Å². The van der Waals surface area contributed by atoms with Gasteiger partial charge in [0.05, 0.1) is 12.0 Å². The number of rotatable bonds is 5. The maximum Gasteiger partial charge on any atom is 0.254 e. The molecule has 2 aliphatic heterocycles. The van der Waals surface area contributed by atoms with E-state index in [4.69, 9.17) is 0 Å². The minimum absolute atomic E-state index is 0.00739. The summed E-state index contributed by atoms with van der Waals surface area (Å²) in [4.78, 5) is 37.3. The van der Waals surface area contributed by atoms with Crippen molar-refractivity contribution in [3.8, 4) is 0 Å². The van der Waals surface area contributed by atoms with Crippen molar-refractivity contribution in [2.75, 3.05) is 6.54 Å². The van der Waals surface area contributed by atoms with Crippen LogP contribution >= 0.6 is 0 Å². The Labute approximate surface area is 141 Å². The van der Waals surface area contributed by atoms with Gasteiger partial charge in [0.25, 0.3) is 5.91 Å². The molecule has 1 aromatic carbocycles. The number of hydrogen-bond acceptors (Lipinski definition) is 4. The fourth-order valence-corrected chi connectivity index (χ4v) is 3.47. The molecule has 2 heterocycles. The van der Waals surface area contributed by atoms with E-state index in [0.29, 0.717) is 13.1 Å². The summed E-state index contributed by atoms with van der Waals surface area (Å²) >= 11 is 0. The number of carbonyl (C=O) groups is 3. The summed E-state index contributed by atoms with van der Waals surface area (Å²) in [6.45, 7) is 4.86. The molecular weight excluding hydrogens is 306 g/mol. The lowest BCUT2D eigenvalue weighted by Crippen LogP contribution is -2.52. The van der Waals surface area contributed by atoms with Crippen LogP contribution in [0.4, 0.5) is 0 Å². The summed E-state index contributed by atoms with van der Waals surface area (Å²) in [5.74, 6) is -1.18. The second kappa shape index (κ2) is 6.36.